The van der Waals surface area contributed by atoms with Crippen molar-refractivity contribution in [3.63, 3.8) is 0 Å². The number of benzene rings is 3. The van der Waals surface area contributed by atoms with E-state index in [2.05, 4.69) is 32.2 Å². The molecular formula is C31H29F2N5O2. The van der Waals surface area contributed by atoms with E-state index in [4.69, 9.17) is 4.74 Å². The summed E-state index contributed by atoms with van der Waals surface area (Å²) in [7, 11) is 0. The van der Waals surface area contributed by atoms with E-state index in [1.54, 1.807) is 6.20 Å². The predicted molar refractivity (Wildman–Crippen MR) is 148 cm³/mol. The summed E-state index contributed by atoms with van der Waals surface area (Å²) in [5, 5.41) is 3.02. The summed E-state index contributed by atoms with van der Waals surface area (Å²) in [6.45, 7) is 2.56. The number of fused-ring (bicyclic) bond motifs is 8. The van der Waals surface area contributed by atoms with Crippen LogP contribution in [0.15, 0.2) is 67.1 Å². The standard InChI is InChI=1S/C31H29F2N5O2/c1-31(19-7-3-2-4-8-19)13-12-27(39)34-14-6-5-9-21-28-25(36-18-37-28)16-24(33)29(21)40-20-10-11-23(32)22(15-20)30-35-17-26(31)38-30/h2-4,7-8,10-11,15-18H,5-6,9,12-14H2,1H3,(H,34,39)(H,35,38)(H,36,37). The van der Waals surface area contributed by atoms with Crippen molar-refractivity contribution in [1.29, 1.82) is 0 Å². The summed E-state index contributed by atoms with van der Waals surface area (Å²) >= 11 is 0. The van der Waals surface area contributed by atoms with E-state index < -0.39 is 17.0 Å². The minimum atomic E-state index is -0.573. The van der Waals surface area contributed by atoms with E-state index in [-0.39, 0.29) is 23.0 Å². The van der Waals surface area contributed by atoms with Crippen LogP contribution in [-0.2, 0) is 16.6 Å². The quantitative estimate of drug-likeness (QED) is 0.224. The van der Waals surface area contributed by atoms with Crippen LogP contribution in [-0.4, -0.2) is 32.4 Å². The molecule has 1 amide bonds. The second kappa shape index (κ2) is 10.6. The molecule has 0 saturated heterocycles. The van der Waals surface area contributed by atoms with Crippen molar-refractivity contribution >= 4 is 16.9 Å². The van der Waals surface area contributed by atoms with Gasteiger partial charge in [-0.3, -0.25) is 4.79 Å². The van der Waals surface area contributed by atoms with Gasteiger partial charge in [-0.05, 0) is 56.4 Å². The topological polar surface area (TPSA) is 95.7 Å². The normalized spacial score (nSPS) is 18.3. The number of imidazole rings is 2. The number of rotatable bonds is 1. The highest BCUT2D eigenvalue weighted by Gasteiger charge is 2.32. The summed E-state index contributed by atoms with van der Waals surface area (Å²) < 4.78 is 36.5. The van der Waals surface area contributed by atoms with Crippen molar-refractivity contribution < 1.29 is 18.3 Å². The van der Waals surface area contributed by atoms with Gasteiger partial charge in [0.15, 0.2) is 11.6 Å². The first kappa shape index (κ1) is 25.7. The third-order valence-corrected chi connectivity index (χ3v) is 7.74. The summed E-state index contributed by atoms with van der Waals surface area (Å²) in [5.41, 5.74) is 3.20. The Labute approximate surface area is 230 Å². The Morgan fingerprint density at radius 2 is 1.82 bits per heavy atom. The molecule has 0 aliphatic carbocycles. The summed E-state index contributed by atoms with van der Waals surface area (Å²) in [4.78, 5) is 28.0. The lowest BCUT2D eigenvalue weighted by atomic mass is 9.76. The number of carbonyl (C=O) groups excluding carboxylic acids is 1. The van der Waals surface area contributed by atoms with Crippen LogP contribution in [0.4, 0.5) is 8.78 Å². The molecule has 0 spiro atoms. The monoisotopic (exact) mass is 541 g/mol. The molecule has 204 valence electrons. The van der Waals surface area contributed by atoms with Crippen molar-refractivity contribution in [3.05, 3.63) is 95.6 Å². The van der Waals surface area contributed by atoms with E-state index >= 15 is 8.78 Å². The van der Waals surface area contributed by atoms with Crippen molar-refractivity contribution in [1.82, 2.24) is 25.3 Å². The van der Waals surface area contributed by atoms with Gasteiger partial charge in [0.25, 0.3) is 0 Å². The molecule has 6 rings (SSSR count). The van der Waals surface area contributed by atoms with E-state index in [1.165, 1.54) is 30.6 Å². The number of nitrogens with one attached hydrogen (secondary N) is 3. The van der Waals surface area contributed by atoms with Gasteiger partial charge in [0, 0.05) is 41.9 Å². The molecule has 1 unspecified atom stereocenters. The van der Waals surface area contributed by atoms with Gasteiger partial charge in [0.1, 0.15) is 17.4 Å². The number of H-pyrrole nitrogens is 2. The molecule has 4 bridgehead atoms. The lowest BCUT2D eigenvalue weighted by molar-refractivity contribution is -0.121. The summed E-state index contributed by atoms with van der Waals surface area (Å²) in [5.74, 6) is -0.436. The highest BCUT2D eigenvalue weighted by molar-refractivity contribution is 5.81. The van der Waals surface area contributed by atoms with Crippen LogP contribution < -0.4 is 10.1 Å². The van der Waals surface area contributed by atoms with Crippen LogP contribution >= 0.6 is 0 Å². The van der Waals surface area contributed by atoms with Crippen molar-refractivity contribution in [2.45, 2.75) is 44.4 Å². The molecule has 1 atom stereocenters. The first-order valence-corrected chi connectivity index (χ1v) is 13.4. The molecule has 5 aromatic rings. The average molecular weight is 542 g/mol. The number of amides is 1. The fourth-order valence-corrected chi connectivity index (χ4v) is 5.39. The zero-order valence-electron chi connectivity index (χ0n) is 22.1. The fourth-order valence-electron chi connectivity index (χ4n) is 5.39. The highest BCUT2D eigenvalue weighted by Crippen LogP contribution is 2.39. The Morgan fingerprint density at radius 3 is 2.67 bits per heavy atom. The second-order valence-electron chi connectivity index (χ2n) is 10.4. The fraction of sp³-hybridized carbons (Fsp3) is 0.258. The van der Waals surface area contributed by atoms with Crippen molar-refractivity contribution in [2.24, 2.45) is 0 Å². The first-order chi connectivity index (χ1) is 19.4. The molecule has 9 heteroatoms. The Balaban J connectivity index is 1.45. The van der Waals surface area contributed by atoms with Gasteiger partial charge in [-0.2, -0.15) is 0 Å². The lowest BCUT2D eigenvalue weighted by Gasteiger charge is -2.29. The predicted octanol–water partition coefficient (Wildman–Crippen LogP) is 6.56. The molecule has 0 saturated carbocycles. The van der Waals surface area contributed by atoms with Gasteiger partial charge in [-0.25, -0.2) is 18.7 Å². The maximum absolute atomic E-state index is 15.3. The second-order valence-corrected chi connectivity index (χ2v) is 10.4. The molecule has 1 aliphatic rings. The molecule has 3 heterocycles. The van der Waals surface area contributed by atoms with Gasteiger partial charge in [0.05, 0.1) is 22.9 Å². The maximum atomic E-state index is 15.3. The Kier molecular flexibility index (Phi) is 6.79. The smallest absolute Gasteiger partial charge is 0.220 e. The van der Waals surface area contributed by atoms with Gasteiger partial charge < -0.3 is 20.0 Å². The maximum Gasteiger partial charge on any atom is 0.220 e. The molecular weight excluding hydrogens is 512 g/mol. The van der Waals surface area contributed by atoms with Gasteiger partial charge in [-0.15, -0.1) is 0 Å². The molecule has 0 radical (unpaired) electrons. The van der Waals surface area contributed by atoms with E-state index in [1.807, 2.05) is 30.3 Å². The molecule has 7 nitrogen and oxygen atoms in total. The largest absolute Gasteiger partial charge is 0.454 e. The van der Waals surface area contributed by atoms with Gasteiger partial charge in [-0.1, -0.05) is 30.3 Å². The van der Waals surface area contributed by atoms with Crippen LogP contribution in [0.3, 0.4) is 0 Å². The molecule has 3 N–H and O–H groups in total. The Bertz CT molecular complexity index is 1680. The van der Waals surface area contributed by atoms with E-state index in [0.717, 1.165) is 11.3 Å². The van der Waals surface area contributed by atoms with Crippen LogP contribution in [0.2, 0.25) is 0 Å². The van der Waals surface area contributed by atoms with E-state index in [9.17, 15) is 4.79 Å². The number of aromatic amines is 2. The number of hydrogen-bond acceptors (Lipinski definition) is 4. The molecule has 0 fully saturated rings. The van der Waals surface area contributed by atoms with Gasteiger partial charge in [0.2, 0.25) is 5.91 Å². The Morgan fingerprint density at radius 1 is 0.975 bits per heavy atom. The zero-order valence-corrected chi connectivity index (χ0v) is 22.1. The zero-order chi connectivity index (χ0) is 27.7. The van der Waals surface area contributed by atoms with E-state index in [0.29, 0.717) is 61.1 Å². The molecule has 3 aromatic carbocycles. The van der Waals surface area contributed by atoms with Crippen molar-refractivity contribution in [3.8, 4) is 22.9 Å². The number of carbonyl (C=O) groups is 1. The van der Waals surface area contributed by atoms with Crippen LogP contribution in [0, 0.1) is 11.6 Å². The van der Waals surface area contributed by atoms with Crippen molar-refractivity contribution in [2.75, 3.05) is 6.54 Å². The number of halogens is 2. The average Bonchev–Trinajstić information content (AvgIpc) is 3.64. The van der Waals surface area contributed by atoms with Crippen LogP contribution in [0.25, 0.3) is 22.4 Å². The lowest BCUT2D eigenvalue weighted by Crippen LogP contribution is -2.30. The van der Waals surface area contributed by atoms with Crippen LogP contribution in [0.5, 0.6) is 11.5 Å². The number of aromatic nitrogens is 4. The summed E-state index contributed by atoms with van der Waals surface area (Å²) in [6, 6.07) is 15.5. The third-order valence-electron chi connectivity index (χ3n) is 7.74. The minimum absolute atomic E-state index is 0.0498. The van der Waals surface area contributed by atoms with Crippen LogP contribution in [0.1, 0.15) is 49.4 Å². The molecule has 1 aliphatic heterocycles. The minimum Gasteiger partial charge on any atom is -0.454 e. The van der Waals surface area contributed by atoms with Gasteiger partial charge >= 0.3 is 0 Å². The molecule has 2 aromatic heterocycles. The Hall–Kier alpha value is -4.53. The number of ether oxygens (including phenoxy) is 1. The summed E-state index contributed by atoms with van der Waals surface area (Å²) in [6.07, 6.45) is 5.92. The number of nitrogens with zero attached hydrogens (tertiary/aromatic N) is 2. The first-order valence-electron chi connectivity index (χ1n) is 13.4. The SMILES string of the molecule is CC1(c2ccccc2)CCC(=O)NCCCCc2c(c(F)cc3[nH]cnc23)Oc2ccc(F)c(c2)-c2ncc1[nH]2. The number of hydrogen-bond donors (Lipinski definition) is 3. The third kappa shape index (κ3) is 4.83. The highest BCUT2D eigenvalue weighted by atomic mass is 19.1. The number of aryl methyl sites for hydroxylation is 1. The molecule has 40 heavy (non-hydrogen) atoms.